The topological polar surface area (TPSA) is 46.9 Å². The lowest BCUT2D eigenvalue weighted by molar-refractivity contribution is 0.0953. The van der Waals surface area contributed by atoms with Gasteiger partial charge in [-0.15, -0.1) is 22.7 Å². The average Bonchev–Trinajstić information content (AvgIpc) is 3.22. The fourth-order valence-corrected chi connectivity index (χ4v) is 3.89. The zero-order valence-electron chi connectivity index (χ0n) is 12.4. The molecule has 0 saturated heterocycles. The van der Waals surface area contributed by atoms with Crippen molar-refractivity contribution in [2.45, 2.75) is 19.9 Å². The summed E-state index contributed by atoms with van der Waals surface area (Å²) in [4.78, 5) is 14.1. The van der Waals surface area contributed by atoms with Gasteiger partial charge in [-0.05, 0) is 42.8 Å². The summed E-state index contributed by atoms with van der Waals surface area (Å²) in [5.41, 5.74) is 2.09. The lowest BCUT2D eigenvalue weighted by Gasteiger charge is -2.18. The number of aromatic nitrogens is 2. The quantitative estimate of drug-likeness (QED) is 0.776. The van der Waals surface area contributed by atoms with Crippen LogP contribution in [0.4, 0.5) is 0 Å². The van der Waals surface area contributed by atoms with Crippen LogP contribution >= 0.6 is 22.7 Å². The number of nitrogens with one attached hydrogen (secondary N) is 1. The van der Waals surface area contributed by atoms with Crippen molar-refractivity contribution in [3.8, 4) is 0 Å². The number of nitrogens with zero attached hydrogens (tertiary/aromatic N) is 2. The van der Waals surface area contributed by atoms with E-state index in [1.807, 2.05) is 42.1 Å². The van der Waals surface area contributed by atoms with Gasteiger partial charge in [0.2, 0.25) is 0 Å². The highest BCUT2D eigenvalue weighted by Crippen LogP contribution is 2.24. The molecule has 22 heavy (non-hydrogen) atoms. The minimum absolute atomic E-state index is 0.0256. The van der Waals surface area contributed by atoms with E-state index in [4.69, 9.17) is 0 Å². The summed E-state index contributed by atoms with van der Waals surface area (Å²) in [6.07, 6.45) is 0. The number of hydrogen-bond donors (Lipinski definition) is 1. The first kappa shape index (κ1) is 15.0. The van der Waals surface area contributed by atoms with E-state index < -0.39 is 0 Å². The van der Waals surface area contributed by atoms with Gasteiger partial charge in [0.15, 0.2) is 0 Å². The fourth-order valence-electron chi connectivity index (χ4n) is 2.43. The van der Waals surface area contributed by atoms with Crippen molar-refractivity contribution in [3.63, 3.8) is 0 Å². The molecule has 114 valence electrons. The molecule has 0 bridgehead atoms. The molecule has 1 unspecified atom stereocenters. The molecule has 0 radical (unpaired) electrons. The lowest BCUT2D eigenvalue weighted by atomic mass is 10.2. The zero-order valence-corrected chi connectivity index (χ0v) is 14.1. The predicted molar refractivity (Wildman–Crippen MR) is 90.8 cm³/mol. The van der Waals surface area contributed by atoms with Gasteiger partial charge >= 0.3 is 0 Å². The molecule has 0 spiro atoms. The number of rotatable bonds is 5. The fraction of sp³-hybridized carbons (Fsp3) is 0.250. The Hall–Kier alpha value is -1.92. The van der Waals surface area contributed by atoms with Gasteiger partial charge in [0, 0.05) is 17.1 Å². The molecule has 1 amide bonds. The van der Waals surface area contributed by atoms with Gasteiger partial charge in [-0.3, -0.25) is 9.48 Å². The summed E-state index contributed by atoms with van der Waals surface area (Å²) in [5.74, 6) is -0.0295. The van der Waals surface area contributed by atoms with Gasteiger partial charge < -0.3 is 5.32 Å². The molecule has 0 saturated carbocycles. The van der Waals surface area contributed by atoms with Gasteiger partial charge in [-0.1, -0.05) is 12.1 Å². The molecule has 4 nitrogen and oxygen atoms in total. The molecule has 3 heterocycles. The Morgan fingerprint density at radius 2 is 2.05 bits per heavy atom. The molecule has 3 aromatic rings. The summed E-state index contributed by atoms with van der Waals surface area (Å²) in [5, 5.41) is 11.6. The highest BCUT2D eigenvalue weighted by Gasteiger charge is 2.19. The second kappa shape index (κ2) is 6.46. The highest BCUT2D eigenvalue weighted by atomic mass is 32.1. The SMILES string of the molecule is Cc1cc(C)n(C(CNC(=O)c2cccs2)c2cccs2)n1. The first-order chi connectivity index (χ1) is 10.6. The summed E-state index contributed by atoms with van der Waals surface area (Å²) >= 11 is 3.13. The largest absolute Gasteiger partial charge is 0.349 e. The van der Waals surface area contributed by atoms with Crippen molar-refractivity contribution >= 4 is 28.6 Å². The van der Waals surface area contributed by atoms with Crippen LogP contribution in [0.3, 0.4) is 0 Å². The van der Waals surface area contributed by atoms with E-state index in [1.54, 1.807) is 11.3 Å². The normalized spacial score (nSPS) is 12.3. The first-order valence-electron chi connectivity index (χ1n) is 7.03. The second-order valence-corrected chi connectivity index (χ2v) is 7.02. The zero-order chi connectivity index (χ0) is 15.5. The van der Waals surface area contributed by atoms with Crippen LogP contribution in [0.15, 0.2) is 41.1 Å². The summed E-state index contributed by atoms with van der Waals surface area (Å²) in [7, 11) is 0. The van der Waals surface area contributed by atoms with Crippen LogP contribution in [0.1, 0.15) is 32.0 Å². The van der Waals surface area contributed by atoms with Crippen LogP contribution in [0.25, 0.3) is 0 Å². The van der Waals surface area contributed by atoms with Gasteiger partial charge in [0.1, 0.15) is 6.04 Å². The van der Waals surface area contributed by atoms with Gasteiger partial charge in [0.05, 0.1) is 10.6 Å². The van der Waals surface area contributed by atoms with Gasteiger partial charge in [-0.2, -0.15) is 5.10 Å². The molecule has 0 aliphatic heterocycles. The van der Waals surface area contributed by atoms with E-state index in [0.717, 1.165) is 16.3 Å². The van der Waals surface area contributed by atoms with Crippen molar-refractivity contribution in [2.75, 3.05) is 6.54 Å². The molecule has 6 heteroatoms. The van der Waals surface area contributed by atoms with Crippen LogP contribution in [-0.4, -0.2) is 22.2 Å². The van der Waals surface area contributed by atoms with E-state index in [0.29, 0.717) is 6.54 Å². The maximum absolute atomic E-state index is 12.2. The Labute approximate surface area is 137 Å². The minimum Gasteiger partial charge on any atom is -0.349 e. The van der Waals surface area contributed by atoms with Crippen molar-refractivity contribution in [1.82, 2.24) is 15.1 Å². The molecular weight excluding hydrogens is 314 g/mol. The van der Waals surface area contributed by atoms with Crippen molar-refractivity contribution in [1.29, 1.82) is 0 Å². The predicted octanol–water partition coefficient (Wildman–Crippen LogP) is 3.64. The van der Waals surface area contributed by atoms with Crippen molar-refractivity contribution < 1.29 is 4.79 Å². The van der Waals surface area contributed by atoms with Crippen LogP contribution in [0.2, 0.25) is 0 Å². The maximum atomic E-state index is 12.2. The number of hydrogen-bond acceptors (Lipinski definition) is 4. The molecular formula is C16H17N3OS2. The molecule has 0 fully saturated rings. The number of amides is 1. The van der Waals surface area contributed by atoms with E-state index >= 15 is 0 Å². The second-order valence-electron chi connectivity index (χ2n) is 5.09. The van der Waals surface area contributed by atoms with E-state index in [-0.39, 0.29) is 11.9 Å². The van der Waals surface area contributed by atoms with Gasteiger partial charge in [-0.25, -0.2) is 0 Å². The minimum atomic E-state index is -0.0295. The van der Waals surface area contributed by atoms with E-state index in [2.05, 4.69) is 27.9 Å². The molecule has 3 rings (SSSR count). The Kier molecular flexibility index (Phi) is 4.40. The third-order valence-electron chi connectivity index (χ3n) is 3.41. The smallest absolute Gasteiger partial charge is 0.261 e. The molecule has 1 N–H and O–H groups in total. The standard InChI is InChI=1S/C16H17N3OS2/c1-11-9-12(2)19(18-11)13(14-5-3-7-21-14)10-17-16(20)15-6-4-8-22-15/h3-9,13H,10H2,1-2H3,(H,17,20). The molecule has 0 aromatic carbocycles. The summed E-state index contributed by atoms with van der Waals surface area (Å²) < 4.78 is 2.00. The van der Waals surface area contributed by atoms with Gasteiger partial charge in [0.25, 0.3) is 5.91 Å². The van der Waals surface area contributed by atoms with Crippen molar-refractivity contribution in [3.05, 3.63) is 62.2 Å². The third-order valence-corrected chi connectivity index (χ3v) is 5.25. The summed E-state index contributed by atoms with van der Waals surface area (Å²) in [6.45, 7) is 4.56. The monoisotopic (exact) mass is 331 g/mol. The first-order valence-corrected chi connectivity index (χ1v) is 8.79. The molecule has 3 aromatic heterocycles. The van der Waals surface area contributed by atoms with Crippen LogP contribution in [0.5, 0.6) is 0 Å². The number of thiophene rings is 2. The van der Waals surface area contributed by atoms with Crippen LogP contribution < -0.4 is 5.32 Å². The van der Waals surface area contributed by atoms with Crippen molar-refractivity contribution in [2.24, 2.45) is 0 Å². The number of aryl methyl sites for hydroxylation is 2. The van der Waals surface area contributed by atoms with E-state index in [9.17, 15) is 4.79 Å². The lowest BCUT2D eigenvalue weighted by Crippen LogP contribution is -2.31. The Balaban J connectivity index is 1.81. The third kappa shape index (κ3) is 3.13. The van der Waals surface area contributed by atoms with Crippen LogP contribution in [-0.2, 0) is 0 Å². The number of carbonyl (C=O) groups excluding carboxylic acids is 1. The molecule has 1 atom stereocenters. The van der Waals surface area contributed by atoms with Crippen LogP contribution in [0, 0.1) is 13.8 Å². The molecule has 0 aliphatic rings. The maximum Gasteiger partial charge on any atom is 0.261 e. The molecule has 0 aliphatic carbocycles. The highest BCUT2D eigenvalue weighted by molar-refractivity contribution is 7.12. The Bertz CT molecular complexity index is 745. The Morgan fingerprint density at radius 3 is 2.64 bits per heavy atom. The average molecular weight is 331 g/mol. The Morgan fingerprint density at radius 1 is 1.27 bits per heavy atom. The van der Waals surface area contributed by atoms with E-state index in [1.165, 1.54) is 16.2 Å². The number of carbonyl (C=O) groups is 1. The summed E-state index contributed by atoms with van der Waals surface area (Å²) in [6, 6.07) is 9.92.